The maximum Gasteiger partial charge on any atom is 0.232 e. The second-order valence-electron chi connectivity index (χ2n) is 8.27. The number of ether oxygens (including phenoxy) is 2. The van der Waals surface area contributed by atoms with Gasteiger partial charge in [0, 0.05) is 34.8 Å². The number of carbonyl (C=O) groups excluding carboxylic acids is 1. The van der Waals surface area contributed by atoms with E-state index in [0.717, 1.165) is 47.4 Å². The predicted molar refractivity (Wildman–Crippen MR) is 122 cm³/mol. The third-order valence-electron chi connectivity index (χ3n) is 5.80. The number of hydrogen-bond donors (Lipinski definition) is 1. The highest BCUT2D eigenvalue weighted by Crippen LogP contribution is 2.38. The number of aromatic hydroxyl groups is 1. The smallest absolute Gasteiger partial charge is 0.232 e. The van der Waals surface area contributed by atoms with Gasteiger partial charge in [-0.15, -0.1) is 0 Å². The van der Waals surface area contributed by atoms with E-state index in [0.29, 0.717) is 16.9 Å². The third kappa shape index (κ3) is 3.79. The first-order valence-corrected chi connectivity index (χ1v) is 10.4. The highest BCUT2D eigenvalue weighted by molar-refractivity contribution is 6.16. The van der Waals surface area contributed by atoms with Gasteiger partial charge >= 0.3 is 0 Å². The van der Waals surface area contributed by atoms with E-state index in [1.165, 1.54) is 6.07 Å². The molecule has 0 bridgehead atoms. The number of fused-ring (bicyclic) bond motifs is 2. The molecule has 162 valence electrons. The number of nitrogens with zero attached hydrogens (tertiary/aromatic N) is 2. The first kappa shape index (κ1) is 21.0. The Morgan fingerprint density at radius 1 is 1.19 bits per heavy atom. The number of aromatic nitrogens is 1. The van der Waals surface area contributed by atoms with Crippen LogP contribution in [0, 0.1) is 13.8 Å². The van der Waals surface area contributed by atoms with Gasteiger partial charge < -0.3 is 24.0 Å². The van der Waals surface area contributed by atoms with Crippen molar-refractivity contribution in [1.82, 2.24) is 9.47 Å². The molecule has 2 aromatic carbocycles. The fraction of sp³-hybridized carbons (Fsp3) is 0.320. The highest BCUT2D eigenvalue weighted by Gasteiger charge is 2.30. The summed E-state index contributed by atoms with van der Waals surface area (Å²) in [4.78, 5) is 15.2. The number of Topliss-reactive ketones (excluding diaryl/α,β-unsaturated/α-hetero) is 1. The number of rotatable bonds is 6. The van der Waals surface area contributed by atoms with Gasteiger partial charge in [-0.1, -0.05) is 0 Å². The Kier molecular flexibility index (Phi) is 5.50. The summed E-state index contributed by atoms with van der Waals surface area (Å²) < 4.78 is 13.6. The van der Waals surface area contributed by atoms with Crippen LogP contribution in [-0.2, 0) is 6.54 Å². The number of ketones is 1. The molecule has 0 radical (unpaired) electrons. The van der Waals surface area contributed by atoms with Crippen LogP contribution in [0.2, 0.25) is 0 Å². The van der Waals surface area contributed by atoms with E-state index in [2.05, 4.69) is 36.6 Å². The molecule has 6 heteroatoms. The zero-order valence-electron chi connectivity index (χ0n) is 18.7. The predicted octanol–water partition coefficient (Wildman–Crippen LogP) is 4.54. The number of allylic oxidation sites excluding steroid dienone is 1. The van der Waals surface area contributed by atoms with E-state index < -0.39 is 0 Å². The molecule has 0 unspecified atom stereocenters. The Labute approximate surface area is 182 Å². The van der Waals surface area contributed by atoms with Crippen LogP contribution in [0.15, 0.2) is 36.1 Å². The molecule has 0 saturated heterocycles. The van der Waals surface area contributed by atoms with Crippen LogP contribution in [0.1, 0.15) is 33.6 Å². The van der Waals surface area contributed by atoms with Crippen LogP contribution in [0.3, 0.4) is 0 Å². The van der Waals surface area contributed by atoms with E-state index in [4.69, 9.17) is 9.47 Å². The van der Waals surface area contributed by atoms with E-state index in [9.17, 15) is 9.90 Å². The van der Waals surface area contributed by atoms with Crippen molar-refractivity contribution in [2.45, 2.75) is 26.8 Å². The summed E-state index contributed by atoms with van der Waals surface area (Å²) in [5.41, 5.74) is 4.32. The minimum atomic E-state index is -0.164. The summed E-state index contributed by atoms with van der Waals surface area (Å²) in [6.45, 7) is 5.73. The Balaban J connectivity index is 1.81. The van der Waals surface area contributed by atoms with E-state index in [-0.39, 0.29) is 17.3 Å². The first-order valence-electron chi connectivity index (χ1n) is 10.4. The largest absolute Gasteiger partial charge is 0.508 e. The van der Waals surface area contributed by atoms with Crippen LogP contribution in [-0.4, -0.2) is 48.1 Å². The van der Waals surface area contributed by atoms with Gasteiger partial charge in [-0.2, -0.15) is 0 Å². The summed E-state index contributed by atoms with van der Waals surface area (Å²) in [6, 6.07) is 9.09. The number of phenols is 1. The zero-order valence-corrected chi connectivity index (χ0v) is 18.7. The average molecular weight is 421 g/mol. The molecule has 1 aliphatic rings. The average Bonchev–Trinajstić information content (AvgIpc) is 3.16. The minimum absolute atomic E-state index is 0.0868. The van der Waals surface area contributed by atoms with Crippen LogP contribution < -0.4 is 9.47 Å². The van der Waals surface area contributed by atoms with Gasteiger partial charge in [-0.25, -0.2) is 0 Å². The number of benzene rings is 2. The maximum absolute atomic E-state index is 13.0. The lowest BCUT2D eigenvalue weighted by molar-refractivity contribution is 0.101. The normalized spacial score (nSPS) is 14.5. The van der Waals surface area contributed by atoms with Crippen LogP contribution in [0.25, 0.3) is 17.0 Å². The molecule has 0 amide bonds. The summed E-state index contributed by atoms with van der Waals surface area (Å²) in [7, 11) is 5.79. The number of phenolic OH excluding ortho intramolecular Hbond substituents is 1. The number of hydrogen-bond acceptors (Lipinski definition) is 5. The van der Waals surface area contributed by atoms with E-state index >= 15 is 0 Å². The molecule has 1 N–H and O–H groups in total. The van der Waals surface area contributed by atoms with Gasteiger partial charge in [-0.3, -0.25) is 4.79 Å². The monoisotopic (exact) mass is 420 g/mol. The topological polar surface area (TPSA) is 63.9 Å². The van der Waals surface area contributed by atoms with Gasteiger partial charge in [0.05, 0.1) is 12.7 Å². The molecule has 0 spiro atoms. The Bertz CT molecular complexity index is 1200. The van der Waals surface area contributed by atoms with Crippen molar-refractivity contribution < 1.29 is 19.4 Å². The van der Waals surface area contributed by atoms with Crippen molar-refractivity contribution in [3.8, 4) is 17.2 Å². The Hall–Kier alpha value is -3.25. The molecule has 0 aliphatic carbocycles. The molecule has 31 heavy (non-hydrogen) atoms. The maximum atomic E-state index is 13.0. The fourth-order valence-electron chi connectivity index (χ4n) is 4.25. The van der Waals surface area contributed by atoms with Crippen molar-refractivity contribution in [2.24, 2.45) is 0 Å². The molecule has 2 heterocycles. The first-order chi connectivity index (χ1) is 14.8. The Morgan fingerprint density at radius 2 is 1.97 bits per heavy atom. The van der Waals surface area contributed by atoms with Crippen LogP contribution in [0.4, 0.5) is 0 Å². The quantitative estimate of drug-likeness (QED) is 0.593. The molecular weight excluding hydrogens is 392 g/mol. The van der Waals surface area contributed by atoms with E-state index in [1.807, 2.05) is 18.2 Å². The number of aryl methyl sites for hydroxylation is 2. The van der Waals surface area contributed by atoms with Crippen molar-refractivity contribution in [3.05, 3.63) is 58.5 Å². The number of methoxy groups -OCH3 is 1. The van der Waals surface area contributed by atoms with Gasteiger partial charge in [0.25, 0.3) is 0 Å². The second kappa shape index (κ2) is 8.12. The van der Waals surface area contributed by atoms with Gasteiger partial charge in [0.15, 0.2) is 5.76 Å². The highest BCUT2D eigenvalue weighted by atomic mass is 16.5. The van der Waals surface area contributed by atoms with Gasteiger partial charge in [0.1, 0.15) is 17.2 Å². The van der Waals surface area contributed by atoms with E-state index in [1.54, 1.807) is 20.1 Å². The lowest BCUT2D eigenvalue weighted by atomic mass is 10.0. The molecular formula is C25H28N2O4. The van der Waals surface area contributed by atoms with Gasteiger partial charge in [0.2, 0.25) is 5.78 Å². The number of carbonyl (C=O) groups is 1. The summed E-state index contributed by atoms with van der Waals surface area (Å²) in [5, 5.41) is 10.9. The lowest BCUT2D eigenvalue weighted by Gasteiger charge is -2.12. The zero-order chi connectivity index (χ0) is 22.3. The summed E-state index contributed by atoms with van der Waals surface area (Å²) in [5.74, 6) is 1.35. The standard InChI is InChI=1S/C25H28N2O4/c1-15-11-17(28)12-22-24(15)25(29)23(31-22)14-19-16(2)27(10-6-9-26(3)4)21-8-7-18(30-5)13-20(19)21/h7-8,11-14,28H,6,9-10H2,1-5H3/b23-14-. The third-order valence-corrected chi connectivity index (χ3v) is 5.80. The van der Waals surface area contributed by atoms with Crippen LogP contribution in [0.5, 0.6) is 17.2 Å². The van der Waals surface area contributed by atoms with Crippen molar-refractivity contribution >= 4 is 22.8 Å². The lowest BCUT2D eigenvalue weighted by Crippen LogP contribution is -2.15. The molecule has 0 atom stereocenters. The SMILES string of the molecule is COc1ccc2c(c1)c(/C=C1\Oc3cc(O)cc(C)c3C1=O)c(C)n2CCCN(C)C. The molecule has 1 aromatic heterocycles. The molecule has 4 rings (SSSR count). The molecule has 6 nitrogen and oxygen atoms in total. The van der Waals surface area contributed by atoms with Crippen molar-refractivity contribution in [3.63, 3.8) is 0 Å². The van der Waals surface area contributed by atoms with Crippen molar-refractivity contribution in [2.75, 3.05) is 27.7 Å². The minimum Gasteiger partial charge on any atom is -0.508 e. The molecule has 3 aromatic rings. The Morgan fingerprint density at radius 3 is 2.68 bits per heavy atom. The van der Waals surface area contributed by atoms with Crippen LogP contribution >= 0.6 is 0 Å². The van der Waals surface area contributed by atoms with Crippen molar-refractivity contribution in [1.29, 1.82) is 0 Å². The summed E-state index contributed by atoms with van der Waals surface area (Å²) >= 11 is 0. The van der Waals surface area contributed by atoms with Gasteiger partial charge in [-0.05, 0) is 76.8 Å². The molecule has 1 aliphatic heterocycles. The molecule has 0 fully saturated rings. The fourth-order valence-corrected chi connectivity index (χ4v) is 4.25. The molecule has 0 saturated carbocycles. The second-order valence-corrected chi connectivity index (χ2v) is 8.27. The summed E-state index contributed by atoms with van der Waals surface area (Å²) in [6.07, 6.45) is 2.83.